The molecular formula is C25H35FN2O. The minimum absolute atomic E-state index is 0.172. The zero-order chi connectivity index (χ0) is 22.1. The predicted octanol–water partition coefficient (Wildman–Crippen LogP) is 6.91. The van der Waals surface area contributed by atoms with Crippen LogP contribution in [0.25, 0.3) is 5.57 Å². The standard InChI is InChI=1S/C19H20FNO.C4H9N.C2H6/c1-3-4-13-18(22)21-19-16(11-8-12-17(19)20)14(2)15-9-6-5-7-10-15;1-2-3-4-5;1-2/h5-12H,2-4,13H2,1H3,(H,21,22);3-4H,2,5H2,1H3;1-2H3/b;4-3-;. The molecule has 0 radical (unpaired) electrons. The van der Waals surface area contributed by atoms with Crippen LogP contribution in [-0.2, 0) is 4.79 Å². The highest BCUT2D eigenvalue weighted by atomic mass is 19.1. The van der Waals surface area contributed by atoms with E-state index in [4.69, 9.17) is 5.73 Å². The van der Waals surface area contributed by atoms with Crippen LogP contribution < -0.4 is 11.1 Å². The van der Waals surface area contributed by atoms with Crippen molar-refractivity contribution in [3.05, 3.63) is 84.3 Å². The number of amides is 1. The summed E-state index contributed by atoms with van der Waals surface area (Å²) in [5.41, 5.74) is 7.36. The Morgan fingerprint density at radius 1 is 1.10 bits per heavy atom. The maximum absolute atomic E-state index is 14.2. The highest BCUT2D eigenvalue weighted by Crippen LogP contribution is 2.30. The fourth-order valence-corrected chi connectivity index (χ4v) is 2.37. The van der Waals surface area contributed by atoms with Crippen LogP contribution >= 0.6 is 0 Å². The summed E-state index contributed by atoms with van der Waals surface area (Å²) in [4.78, 5) is 11.9. The van der Waals surface area contributed by atoms with Gasteiger partial charge in [-0.05, 0) is 36.2 Å². The number of unbranched alkanes of at least 4 members (excludes halogenated alkanes) is 1. The van der Waals surface area contributed by atoms with Gasteiger partial charge in [0.05, 0.1) is 5.69 Å². The van der Waals surface area contributed by atoms with Crippen molar-refractivity contribution in [2.24, 2.45) is 5.73 Å². The fraction of sp³-hybridized carbons (Fsp3) is 0.320. The summed E-state index contributed by atoms with van der Waals surface area (Å²) in [6, 6.07) is 14.3. The summed E-state index contributed by atoms with van der Waals surface area (Å²) in [6.45, 7) is 12.1. The van der Waals surface area contributed by atoms with Crippen molar-refractivity contribution in [1.29, 1.82) is 0 Å². The molecule has 0 saturated heterocycles. The number of allylic oxidation sites excluding steroid dienone is 1. The first-order valence-electron chi connectivity index (χ1n) is 10.2. The number of para-hydroxylation sites is 1. The highest BCUT2D eigenvalue weighted by molar-refractivity contribution is 5.96. The normalized spacial score (nSPS) is 9.69. The van der Waals surface area contributed by atoms with Crippen molar-refractivity contribution < 1.29 is 9.18 Å². The van der Waals surface area contributed by atoms with Gasteiger partial charge in [0.15, 0.2) is 0 Å². The Hall–Kier alpha value is -2.88. The number of benzene rings is 2. The van der Waals surface area contributed by atoms with Crippen molar-refractivity contribution in [2.75, 3.05) is 5.32 Å². The molecule has 0 aliphatic carbocycles. The summed E-state index contributed by atoms with van der Waals surface area (Å²) in [5.74, 6) is -0.617. The molecule has 4 heteroatoms. The van der Waals surface area contributed by atoms with Gasteiger partial charge >= 0.3 is 0 Å². The summed E-state index contributed by atoms with van der Waals surface area (Å²) in [5, 5.41) is 2.69. The average Bonchev–Trinajstić information content (AvgIpc) is 2.76. The summed E-state index contributed by atoms with van der Waals surface area (Å²) < 4.78 is 14.2. The Kier molecular flexibility index (Phi) is 14.5. The van der Waals surface area contributed by atoms with E-state index in [9.17, 15) is 9.18 Å². The van der Waals surface area contributed by atoms with Crippen LogP contribution in [0.5, 0.6) is 0 Å². The van der Waals surface area contributed by atoms with Crippen molar-refractivity contribution in [1.82, 2.24) is 0 Å². The van der Waals surface area contributed by atoms with Gasteiger partial charge in [-0.1, -0.05) is 89.2 Å². The van der Waals surface area contributed by atoms with Gasteiger partial charge < -0.3 is 11.1 Å². The molecule has 0 aliphatic heterocycles. The molecule has 0 atom stereocenters. The van der Waals surface area contributed by atoms with Gasteiger partial charge in [0, 0.05) is 12.0 Å². The van der Waals surface area contributed by atoms with Crippen LogP contribution in [0.2, 0.25) is 0 Å². The number of carbonyl (C=O) groups excluding carboxylic acids is 1. The second kappa shape index (κ2) is 16.1. The molecule has 158 valence electrons. The van der Waals surface area contributed by atoms with E-state index in [1.807, 2.05) is 64.1 Å². The number of rotatable bonds is 7. The van der Waals surface area contributed by atoms with E-state index in [2.05, 4.69) is 11.9 Å². The minimum Gasteiger partial charge on any atom is -0.405 e. The van der Waals surface area contributed by atoms with Crippen LogP contribution in [-0.4, -0.2) is 5.91 Å². The molecule has 2 rings (SSSR count). The van der Waals surface area contributed by atoms with Gasteiger partial charge in [-0.25, -0.2) is 4.39 Å². The van der Waals surface area contributed by atoms with E-state index >= 15 is 0 Å². The molecule has 0 unspecified atom stereocenters. The van der Waals surface area contributed by atoms with Crippen LogP contribution in [0.15, 0.2) is 67.4 Å². The van der Waals surface area contributed by atoms with Gasteiger partial charge in [0.1, 0.15) is 5.82 Å². The molecule has 2 aromatic rings. The molecule has 0 saturated carbocycles. The Balaban J connectivity index is 0.000000977. The molecule has 0 spiro atoms. The van der Waals surface area contributed by atoms with E-state index < -0.39 is 5.82 Å². The second-order valence-electron chi connectivity index (χ2n) is 6.00. The molecule has 0 bridgehead atoms. The summed E-state index contributed by atoms with van der Waals surface area (Å²) >= 11 is 0. The maximum Gasteiger partial charge on any atom is 0.224 e. The van der Waals surface area contributed by atoms with E-state index in [0.29, 0.717) is 17.6 Å². The lowest BCUT2D eigenvalue weighted by Crippen LogP contribution is -2.14. The number of hydrogen-bond donors (Lipinski definition) is 2. The molecule has 0 aromatic heterocycles. The number of halogens is 1. The third-order valence-corrected chi connectivity index (χ3v) is 3.85. The molecule has 1 amide bonds. The third-order valence-electron chi connectivity index (χ3n) is 3.85. The van der Waals surface area contributed by atoms with Crippen LogP contribution in [0.4, 0.5) is 10.1 Å². The van der Waals surface area contributed by atoms with E-state index in [-0.39, 0.29) is 11.6 Å². The molecule has 0 heterocycles. The Labute approximate surface area is 175 Å². The van der Waals surface area contributed by atoms with Gasteiger partial charge in [-0.15, -0.1) is 0 Å². The average molecular weight is 399 g/mol. The number of carbonyl (C=O) groups is 1. The predicted molar refractivity (Wildman–Crippen MR) is 124 cm³/mol. The van der Waals surface area contributed by atoms with Crippen molar-refractivity contribution in [3.8, 4) is 0 Å². The first kappa shape index (κ1) is 26.1. The topological polar surface area (TPSA) is 55.1 Å². The van der Waals surface area contributed by atoms with Gasteiger partial charge in [0.2, 0.25) is 5.91 Å². The van der Waals surface area contributed by atoms with Crippen LogP contribution in [0.1, 0.15) is 64.5 Å². The van der Waals surface area contributed by atoms with Gasteiger partial charge in [-0.3, -0.25) is 4.79 Å². The molecule has 2 aromatic carbocycles. The van der Waals surface area contributed by atoms with Crippen molar-refractivity contribution >= 4 is 17.2 Å². The van der Waals surface area contributed by atoms with E-state index in [0.717, 1.165) is 24.8 Å². The van der Waals surface area contributed by atoms with Crippen LogP contribution in [0.3, 0.4) is 0 Å². The molecule has 29 heavy (non-hydrogen) atoms. The van der Waals surface area contributed by atoms with E-state index in [1.54, 1.807) is 18.3 Å². The number of anilines is 1. The molecule has 3 N–H and O–H groups in total. The quantitative estimate of drug-likeness (QED) is 0.532. The number of nitrogens with two attached hydrogens (primary N) is 1. The number of nitrogens with one attached hydrogen (secondary N) is 1. The third kappa shape index (κ3) is 9.74. The monoisotopic (exact) mass is 398 g/mol. The Morgan fingerprint density at radius 2 is 1.76 bits per heavy atom. The second-order valence-corrected chi connectivity index (χ2v) is 6.00. The van der Waals surface area contributed by atoms with Gasteiger partial charge in [0.25, 0.3) is 0 Å². The summed E-state index contributed by atoms with van der Waals surface area (Å²) in [7, 11) is 0. The molecular weight excluding hydrogens is 363 g/mol. The van der Waals surface area contributed by atoms with Gasteiger partial charge in [-0.2, -0.15) is 0 Å². The first-order valence-corrected chi connectivity index (χ1v) is 10.2. The maximum atomic E-state index is 14.2. The molecule has 0 fully saturated rings. The Bertz CT molecular complexity index is 755. The number of hydrogen-bond acceptors (Lipinski definition) is 2. The van der Waals surface area contributed by atoms with E-state index in [1.165, 1.54) is 6.07 Å². The molecule has 3 nitrogen and oxygen atoms in total. The summed E-state index contributed by atoms with van der Waals surface area (Å²) in [6.07, 6.45) is 6.60. The van der Waals surface area contributed by atoms with Crippen molar-refractivity contribution in [2.45, 2.75) is 53.4 Å². The van der Waals surface area contributed by atoms with Crippen LogP contribution in [0, 0.1) is 5.82 Å². The molecule has 0 aliphatic rings. The smallest absolute Gasteiger partial charge is 0.224 e. The zero-order valence-electron chi connectivity index (χ0n) is 18.2. The first-order chi connectivity index (χ1) is 14.0. The lowest BCUT2D eigenvalue weighted by molar-refractivity contribution is -0.116. The SMILES string of the molecule is C=C(c1ccccc1)c1cccc(F)c1NC(=O)CCCC.CC.CC/C=C\N. The highest BCUT2D eigenvalue weighted by Gasteiger charge is 2.14. The lowest BCUT2D eigenvalue weighted by atomic mass is 9.97. The zero-order valence-corrected chi connectivity index (χ0v) is 18.2. The minimum atomic E-state index is -0.445. The fourth-order valence-electron chi connectivity index (χ4n) is 2.37. The largest absolute Gasteiger partial charge is 0.405 e. The lowest BCUT2D eigenvalue weighted by Gasteiger charge is -2.14. The Morgan fingerprint density at radius 3 is 2.28 bits per heavy atom. The van der Waals surface area contributed by atoms with Crippen molar-refractivity contribution in [3.63, 3.8) is 0 Å².